The van der Waals surface area contributed by atoms with Crippen molar-refractivity contribution < 1.29 is 18.7 Å². The highest BCUT2D eigenvalue weighted by molar-refractivity contribution is 6.43. The molecule has 4 rings (SSSR count). The third-order valence-corrected chi connectivity index (χ3v) is 6.60. The number of hydrogen-bond acceptors (Lipinski definition) is 6. The van der Waals surface area contributed by atoms with Gasteiger partial charge in [-0.25, -0.2) is 9.37 Å². The quantitative estimate of drug-likeness (QED) is 0.438. The van der Waals surface area contributed by atoms with E-state index in [1.165, 1.54) is 12.1 Å². The van der Waals surface area contributed by atoms with Gasteiger partial charge in [0.1, 0.15) is 11.6 Å². The fourth-order valence-electron chi connectivity index (χ4n) is 3.98. The van der Waals surface area contributed by atoms with Gasteiger partial charge in [0, 0.05) is 43.3 Å². The number of nitrogens with one attached hydrogen (secondary N) is 1. The number of pyridine rings is 1. The summed E-state index contributed by atoms with van der Waals surface area (Å²) in [6.45, 7) is 0.773. The van der Waals surface area contributed by atoms with Crippen LogP contribution >= 0.6 is 34.8 Å². The Morgan fingerprint density at radius 1 is 1.19 bits per heavy atom. The Morgan fingerprint density at radius 2 is 1.89 bits per heavy atom. The SMILES string of the molecule is COCCN(C)c1ncc(F)cc1C(=O)N[C@H]1N=C(c2c(Cl)cc(Cl)cc2Cl)c2ccccc2CC1=O. The van der Waals surface area contributed by atoms with Gasteiger partial charge in [-0.15, -0.1) is 0 Å². The van der Waals surface area contributed by atoms with E-state index in [0.29, 0.717) is 40.6 Å². The maximum atomic E-state index is 14.1. The first-order valence-corrected chi connectivity index (χ1v) is 12.3. The Labute approximate surface area is 228 Å². The second kappa shape index (κ2) is 11.6. The molecule has 11 heteroatoms. The second-order valence-electron chi connectivity index (χ2n) is 8.34. The summed E-state index contributed by atoms with van der Waals surface area (Å²) >= 11 is 19.1. The lowest BCUT2D eigenvalue weighted by Crippen LogP contribution is -2.41. The van der Waals surface area contributed by atoms with Crippen LogP contribution in [0.25, 0.3) is 0 Å². The molecule has 2 heterocycles. The molecule has 37 heavy (non-hydrogen) atoms. The Hall–Kier alpha value is -3.04. The van der Waals surface area contributed by atoms with E-state index in [-0.39, 0.29) is 33.6 Å². The van der Waals surface area contributed by atoms with E-state index < -0.39 is 17.9 Å². The number of aliphatic imine (C=N–C) groups is 1. The summed E-state index contributed by atoms with van der Waals surface area (Å²) in [7, 11) is 3.24. The van der Waals surface area contributed by atoms with Crippen LogP contribution in [0.4, 0.5) is 10.2 Å². The molecular formula is C26H22Cl3FN4O3. The zero-order chi connectivity index (χ0) is 26.7. The van der Waals surface area contributed by atoms with Crippen molar-refractivity contribution in [3.05, 3.63) is 91.8 Å². The number of carbonyl (C=O) groups excluding carboxylic acids is 2. The molecule has 0 fully saturated rings. The molecule has 3 aromatic rings. The van der Waals surface area contributed by atoms with Gasteiger partial charge in [0.15, 0.2) is 11.9 Å². The van der Waals surface area contributed by atoms with E-state index in [1.807, 2.05) is 0 Å². The number of methoxy groups -OCH3 is 1. The maximum absolute atomic E-state index is 14.1. The third-order valence-electron chi connectivity index (χ3n) is 5.78. The predicted molar refractivity (Wildman–Crippen MR) is 143 cm³/mol. The van der Waals surface area contributed by atoms with Gasteiger partial charge < -0.3 is 15.0 Å². The molecule has 2 aromatic carbocycles. The summed E-state index contributed by atoms with van der Waals surface area (Å²) in [5, 5.41) is 3.45. The zero-order valence-electron chi connectivity index (χ0n) is 19.9. The zero-order valence-corrected chi connectivity index (χ0v) is 22.2. The van der Waals surface area contributed by atoms with E-state index in [2.05, 4.69) is 15.3 Å². The largest absolute Gasteiger partial charge is 0.383 e. The molecule has 192 valence electrons. The van der Waals surface area contributed by atoms with Crippen LogP contribution < -0.4 is 10.2 Å². The van der Waals surface area contributed by atoms with Gasteiger partial charge in [-0.05, 0) is 23.8 Å². The topological polar surface area (TPSA) is 83.9 Å². The lowest BCUT2D eigenvalue weighted by atomic mass is 9.96. The molecule has 0 saturated carbocycles. The van der Waals surface area contributed by atoms with E-state index >= 15 is 0 Å². The van der Waals surface area contributed by atoms with Crippen LogP contribution in [-0.4, -0.2) is 55.9 Å². The second-order valence-corrected chi connectivity index (χ2v) is 9.59. The molecule has 1 aliphatic rings. The van der Waals surface area contributed by atoms with Crippen LogP contribution in [0.2, 0.25) is 15.1 Å². The number of hydrogen-bond donors (Lipinski definition) is 1. The molecule has 0 spiro atoms. The molecule has 1 amide bonds. The summed E-state index contributed by atoms with van der Waals surface area (Å²) in [4.78, 5) is 36.9. The van der Waals surface area contributed by atoms with Crippen molar-refractivity contribution in [2.24, 2.45) is 4.99 Å². The molecule has 0 aliphatic carbocycles. The predicted octanol–water partition coefficient (Wildman–Crippen LogP) is 4.98. The first-order chi connectivity index (χ1) is 17.7. The number of likely N-dealkylation sites (N-methyl/N-ethyl adjacent to an activating group) is 1. The molecule has 7 nitrogen and oxygen atoms in total. The normalized spacial score (nSPS) is 15.0. The van der Waals surface area contributed by atoms with Crippen LogP contribution in [0.15, 0.2) is 53.7 Å². The highest BCUT2D eigenvalue weighted by Crippen LogP contribution is 2.33. The van der Waals surface area contributed by atoms with Gasteiger partial charge >= 0.3 is 0 Å². The number of anilines is 1. The average molecular weight is 564 g/mol. The molecule has 0 unspecified atom stereocenters. The number of ketones is 1. The van der Waals surface area contributed by atoms with E-state index in [9.17, 15) is 14.0 Å². The van der Waals surface area contributed by atoms with Crippen molar-refractivity contribution in [1.82, 2.24) is 10.3 Å². The highest BCUT2D eigenvalue weighted by Gasteiger charge is 2.30. The Kier molecular flexibility index (Phi) is 8.44. The van der Waals surface area contributed by atoms with Crippen molar-refractivity contribution >= 4 is 58.0 Å². The minimum Gasteiger partial charge on any atom is -0.383 e. The maximum Gasteiger partial charge on any atom is 0.257 e. The smallest absolute Gasteiger partial charge is 0.257 e. The fraction of sp³-hybridized carbons (Fsp3) is 0.231. The minimum absolute atomic E-state index is 0.00104. The van der Waals surface area contributed by atoms with E-state index in [1.54, 1.807) is 43.3 Å². The van der Waals surface area contributed by atoms with Gasteiger partial charge in [-0.2, -0.15) is 0 Å². The molecule has 0 saturated heterocycles. The van der Waals surface area contributed by atoms with Gasteiger partial charge in [0.05, 0.1) is 34.1 Å². The molecular weight excluding hydrogens is 542 g/mol. The number of halogens is 4. The number of carbonyl (C=O) groups is 2. The standard InChI is InChI=1S/C26H22Cl3FN4O3/c1-34(7-8-37-2)25-18(12-16(30)13-31-25)26(36)33-24-21(35)9-14-5-3-4-6-17(14)23(32-24)22-19(28)10-15(27)11-20(22)29/h3-6,10-13,24H,7-9H2,1-2H3,(H,33,36)/t24-/m1/s1. The van der Waals surface area contributed by atoms with E-state index in [0.717, 1.165) is 12.3 Å². The van der Waals surface area contributed by atoms with E-state index in [4.69, 9.17) is 39.5 Å². The number of ether oxygens (including phenoxy) is 1. The summed E-state index contributed by atoms with van der Waals surface area (Å²) in [6, 6.07) is 11.3. The molecule has 0 bridgehead atoms. The van der Waals surface area contributed by atoms with Crippen molar-refractivity contribution in [2.75, 3.05) is 32.2 Å². The van der Waals surface area contributed by atoms with Gasteiger partial charge in [-0.3, -0.25) is 14.6 Å². The number of benzene rings is 2. The minimum atomic E-state index is -1.29. The molecule has 0 radical (unpaired) electrons. The molecule has 1 aliphatic heterocycles. The molecule has 1 N–H and O–H groups in total. The lowest BCUT2D eigenvalue weighted by Gasteiger charge is -2.21. The number of rotatable bonds is 7. The fourth-order valence-corrected chi connectivity index (χ4v) is 4.98. The van der Waals surface area contributed by atoms with Crippen LogP contribution in [-0.2, 0) is 16.0 Å². The number of nitrogens with zero attached hydrogens (tertiary/aromatic N) is 3. The average Bonchev–Trinajstić information content (AvgIpc) is 2.98. The number of amides is 1. The number of Topliss-reactive ketones (excluding diaryl/α,β-unsaturated/α-hetero) is 1. The Morgan fingerprint density at radius 3 is 2.59 bits per heavy atom. The van der Waals surface area contributed by atoms with Crippen LogP contribution in [0, 0.1) is 5.82 Å². The van der Waals surface area contributed by atoms with Crippen LogP contribution in [0.5, 0.6) is 0 Å². The van der Waals surface area contributed by atoms with Crippen molar-refractivity contribution in [3.8, 4) is 0 Å². The molecule has 1 atom stereocenters. The summed E-state index contributed by atoms with van der Waals surface area (Å²) in [6.07, 6.45) is -0.277. The number of fused-ring (bicyclic) bond motifs is 1. The highest BCUT2D eigenvalue weighted by atomic mass is 35.5. The van der Waals surface area contributed by atoms with Crippen LogP contribution in [0.1, 0.15) is 27.0 Å². The lowest BCUT2D eigenvalue weighted by molar-refractivity contribution is -0.120. The Balaban J connectivity index is 1.77. The first-order valence-electron chi connectivity index (χ1n) is 11.2. The van der Waals surface area contributed by atoms with Crippen molar-refractivity contribution in [1.29, 1.82) is 0 Å². The van der Waals surface area contributed by atoms with Crippen molar-refractivity contribution in [2.45, 2.75) is 12.6 Å². The van der Waals surface area contributed by atoms with Gasteiger partial charge in [0.25, 0.3) is 5.91 Å². The summed E-state index contributed by atoms with van der Waals surface area (Å²) in [5.74, 6) is -1.55. The summed E-state index contributed by atoms with van der Waals surface area (Å²) in [5.41, 5.74) is 1.99. The van der Waals surface area contributed by atoms with Crippen molar-refractivity contribution in [3.63, 3.8) is 0 Å². The monoisotopic (exact) mass is 562 g/mol. The van der Waals surface area contributed by atoms with Gasteiger partial charge in [0.2, 0.25) is 0 Å². The summed E-state index contributed by atoms with van der Waals surface area (Å²) < 4.78 is 19.2. The van der Waals surface area contributed by atoms with Gasteiger partial charge in [-0.1, -0.05) is 59.1 Å². The van der Waals surface area contributed by atoms with Crippen LogP contribution in [0.3, 0.4) is 0 Å². The third kappa shape index (κ3) is 5.93. The first kappa shape index (κ1) is 27.0. The molecule has 1 aromatic heterocycles. The Bertz CT molecular complexity index is 1380. The number of aromatic nitrogens is 1.